The maximum atomic E-state index is 12.6. The third-order valence-electron chi connectivity index (χ3n) is 3.63. The zero-order valence-corrected chi connectivity index (χ0v) is 14.8. The maximum Gasteiger partial charge on any atom is 0.310 e. The molecule has 1 heterocycles. The SMILES string of the molecule is CCC(=O)Oc1cc(C)c2c(c1)O/C(=C\c1ccc(Br)cc1)C2=O. The van der Waals surface area contributed by atoms with E-state index < -0.39 is 0 Å². The molecule has 2 aromatic carbocycles. The van der Waals surface area contributed by atoms with E-state index in [1.807, 2.05) is 24.3 Å². The molecule has 5 heteroatoms. The van der Waals surface area contributed by atoms with Crippen LogP contribution in [0.2, 0.25) is 0 Å². The predicted octanol–water partition coefficient (Wildman–Crippen LogP) is 4.69. The highest BCUT2D eigenvalue weighted by atomic mass is 79.9. The molecule has 3 rings (SSSR count). The summed E-state index contributed by atoms with van der Waals surface area (Å²) in [4.78, 5) is 24.0. The van der Waals surface area contributed by atoms with Crippen molar-refractivity contribution in [1.29, 1.82) is 0 Å². The third-order valence-corrected chi connectivity index (χ3v) is 4.16. The van der Waals surface area contributed by atoms with Gasteiger partial charge in [-0.05, 0) is 42.3 Å². The van der Waals surface area contributed by atoms with Crippen LogP contribution in [0.1, 0.15) is 34.8 Å². The number of hydrogen-bond acceptors (Lipinski definition) is 4. The Morgan fingerprint density at radius 1 is 1.25 bits per heavy atom. The Kier molecular flexibility index (Phi) is 4.53. The number of hydrogen-bond donors (Lipinski definition) is 0. The minimum Gasteiger partial charge on any atom is -0.452 e. The maximum absolute atomic E-state index is 12.6. The number of aryl methyl sites for hydroxylation is 1. The number of esters is 1. The zero-order valence-electron chi connectivity index (χ0n) is 13.3. The average Bonchev–Trinajstić information content (AvgIpc) is 2.85. The molecule has 0 aromatic heterocycles. The summed E-state index contributed by atoms with van der Waals surface area (Å²) in [6, 6.07) is 10.8. The average molecular weight is 387 g/mol. The van der Waals surface area contributed by atoms with Crippen molar-refractivity contribution in [2.24, 2.45) is 0 Å². The minimum absolute atomic E-state index is 0.168. The number of halogens is 1. The molecule has 0 bridgehead atoms. The van der Waals surface area contributed by atoms with E-state index >= 15 is 0 Å². The molecular weight excluding hydrogens is 372 g/mol. The monoisotopic (exact) mass is 386 g/mol. The van der Waals surface area contributed by atoms with Crippen LogP contribution in [0.3, 0.4) is 0 Å². The van der Waals surface area contributed by atoms with E-state index in [1.165, 1.54) is 0 Å². The Balaban J connectivity index is 1.93. The molecule has 0 saturated heterocycles. The van der Waals surface area contributed by atoms with Crippen LogP contribution in [-0.4, -0.2) is 11.8 Å². The summed E-state index contributed by atoms with van der Waals surface area (Å²) in [7, 11) is 0. The Bertz CT molecular complexity index is 850. The fraction of sp³-hybridized carbons (Fsp3) is 0.158. The van der Waals surface area contributed by atoms with Crippen LogP contribution in [0, 0.1) is 6.92 Å². The van der Waals surface area contributed by atoms with Gasteiger partial charge >= 0.3 is 5.97 Å². The highest BCUT2D eigenvalue weighted by Gasteiger charge is 2.30. The second-order valence-electron chi connectivity index (χ2n) is 5.43. The highest BCUT2D eigenvalue weighted by Crippen LogP contribution is 2.37. The second-order valence-corrected chi connectivity index (χ2v) is 6.35. The first-order chi connectivity index (χ1) is 11.5. The van der Waals surface area contributed by atoms with E-state index in [0.717, 1.165) is 15.6 Å². The lowest BCUT2D eigenvalue weighted by Gasteiger charge is -2.06. The van der Waals surface area contributed by atoms with Crippen LogP contribution in [0.25, 0.3) is 6.08 Å². The molecule has 0 saturated carbocycles. The second kappa shape index (κ2) is 6.61. The van der Waals surface area contributed by atoms with Gasteiger partial charge in [0.1, 0.15) is 11.5 Å². The molecule has 0 aliphatic carbocycles. The largest absolute Gasteiger partial charge is 0.452 e. The lowest BCUT2D eigenvalue weighted by Crippen LogP contribution is -2.06. The molecule has 1 aliphatic rings. The summed E-state index contributed by atoms with van der Waals surface area (Å²) in [5, 5.41) is 0. The quantitative estimate of drug-likeness (QED) is 0.436. The number of allylic oxidation sites excluding steroid dienone is 1. The molecule has 0 radical (unpaired) electrons. The lowest BCUT2D eigenvalue weighted by atomic mass is 10.0. The molecule has 0 atom stereocenters. The summed E-state index contributed by atoms with van der Waals surface area (Å²) in [6.45, 7) is 3.52. The molecular formula is C19H15BrO4. The van der Waals surface area contributed by atoms with Gasteiger partial charge in [-0.3, -0.25) is 9.59 Å². The zero-order chi connectivity index (χ0) is 17.3. The number of rotatable bonds is 3. The number of ether oxygens (including phenoxy) is 2. The third kappa shape index (κ3) is 3.26. The lowest BCUT2D eigenvalue weighted by molar-refractivity contribution is -0.134. The van der Waals surface area contributed by atoms with Crippen molar-refractivity contribution >= 4 is 33.8 Å². The Labute approximate surface area is 148 Å². The molecule has 0 unspecified atom stereocenters. The standard InChI is InChI=1S/C19H15BrO4/c1-3-17(21)23-14-8-11(2)18-15(10-14)24-16(19(18)22)9-12-4-6-13(20)7-5-12/h4-10H,3H2,1-2H3/b16-9-. The summed E-state index contributed by atoms with van der Waals surface area (Å²) < 4.78 is 11.9. The van der Waals surface area contributed by atoms with Crippen molar-refractivity contribution in [2.75, 3.05) is 0 Å². The van der Waals surface area contributed by atoms with E-state index in [1.54, 1.807) is 32.1 Å². The van der Waals surface area contributed by atoms with Crippen LogP contribution < -0.4 is 9.47 Å². The fourth-order valence-electron chi connectivity index (χ4n) is 2.45. The smallest absolute Gasteiger partial charge is 0.310 e. The topological polar surface area (TPSA) is 52.6 Å². The van der Waals surface area contributed by atoms with Gasteiger partial charge in [0.15, 0.2) is 5.76 Å². The predicted molar refractivity (Wildman–Crippen MR) is 94.2 cm³/mol. The van der Waals surface area contributed by atoms with Crippen molar-refractivity contribution < 1.29 is 19.1 Å². The number of fused-ring (bicyclic) bond motifs is 1. The van der Waals surface area contributed by atoms with Gasteiger partial charge in [-0.25, -0.2) is 0 Å². The van der Waals surface area contributed by atoms with Gasteiger partial charge in [-0.2, -0.15) is 0 Å². The van der Waals surface area contributed by atoms with E-state index in [-0.39, 0.29) is 23.9 Å². The molecule has 122 valence electrons. The van der Waals surface area contributed by atoms with Crippen molar-refractivity contribution in [3.63, 3.8) is 0 Å². The molecule has 1 aliphatic heterocycles. The van der Waals surface area contributed by atoms with Gasteiger partial charge in [0, 0.05) is 17.0 Å². The van der Waals surface area contributed by atoms with Gasteiger partial charge in [-0.15, -0.1) is 0 Å². The van der Waals surface area contributed by atoms with Crippen molar-refractivity contribution in [3.05, 3.63) is 63.3 Å². The van der Waals surface area contributed by atoms with Gasteiger partial charge in [0.05, 0.1) is 5.56 Å². The van der Waals surface area contributed by atoms with Gasteiger partial charge in [0.25, 0.3) is 0 Å². The summed E-state index contributed by atoms with van der Waals surface area (Å²) in [5.41, 5.74) is 2.09. The van der Waals surface area contributed by atoms with E-state index in [2.05, 4.69) is 15.9 Å². The first kappa shape index (κ1) is 16.5. The van der Waals surface area contributed by atoms with E-state index in [9.17, 15) is 9.59 Å². The van der Waals surface area contributed by atoms with Gasteiger partial charge < -0.3 is 9.47 Å². The van der Waals surface area contributed by atoms with Crippen molar-refractivity contribution in [3.8, 4) is 11.5 Å². The van der Waals surface area contributed by atoms with Gasteiger partial charge in [-0.1, -0.05) is 35.0 Å². The van der Waals surface area contributed by atoms with Crippen LogP contribution >= 0.6 is 15.9 Å². The van der Waals surface area contributed by atoms with Crippen molar-refractivity contribution in [1.82, 2.24) is 0 Å². The molecule has 0 fully saturated rings. The number of benzene rings is 2. The molecule has 24 heavy (non-hydrogen) atoms. The summed E-state index contributed by atoms with van der Waals surface area (Å²) >= 11 is 3.38. The number of carbonyl (C=O) groups excluding carboxylic acids is 2. The van der Waals surface area contributed by atoms with Gasteiger partial charge in [0.2, 0.25) is 5.78 Å². The number of carbonyl (C=O) groups is 2. The van der Waals surface area contributed by atoms with Crippen LogP contribution in [0.4, 0.5) is 0 Å². The Hall–Kier alpha value is -2.40. The first-order valence-electron chi connectivity index (χ1n) is 7.53. The van der Waals surface area contributed by atoms with Crippen LogP contribution in [0.15, 0.2) is 46.6 Å². The van der Waals surface area contributed by atoms with Crippen LogP contribution in [-0.2, 0) is 4.79 Å². The Morgan fingerprint density at radius 3 is 2.62 bits per heavy atom. The fourth-order valence-corrected chi connectivity index (χ4v) is 2.71. The molecule has 4 nitrogen and oxygen atoms in total. The minimum atomic E-state index is -0.329. The molecule has 2 aromatic rings. The summed E-state index contributed by atoms with van der Waals surface area (Å²) in [6.07, 6.45) is 1.98. The van der Waals surface area contributed by atoms with E-state index in [4.69, 9.17) is 9.47 Å². The van der Waals surface area contributed by atoms with Crippen LogP contribution in [0.5, 0.6) is 11.5 Å². The summed E-state index contributed by atoms with van der Waals surface area (Å²) in [5.74, 6) is 0.565. The molecule has 0 amide bonds. The normalized spacial score (nSPS) is 14.5. The first-order valence-corrected chi connectivity index (χ1v) is 8.32. The van der Waals surface area contributed by atoms with Crippen molar-refractivity contribution in [2.45, 2.75) is 20.3 Å². The Morgan fingerprint density at radius 2 is 1.96 bits per heavy atom. The number of ketones is 1. The van der Waals surface area contributed by atoms with E-state index in [0.29, 0.717) is 17.1 Å². The molecule has 0 spiro atoms. The molecule has 0 N–H and O–H groups in total. The highest BCUT2D eigenvalue weighted by molar-refractivity contribution is 9.10. The number of Topliss-reactive ketones (excluding diaryl/α,β-unsaturated/α-hetero) is 1.